The second kappa shape index (κ2) is 5.30. The zero-order chi connectivity index (χ0) is 17.7. The average Bonchev–Trinajstić information content (AvgIpc) is 2.75. The molecule has 2 rings (SSSR count). The van der Waals surface area contributed by atoms with Crippen LogP contribution < -0.4 is 0 Å². The van der Waals surface area contributed by atoms with Crippen LogP contribution in [0.3, 0.4) is 0 Å². The summed E-state index contributed by atoms with van der Waals surface area (Å²) in [5.41, 5.74) is 0.576. The van der Waals surface area contributed by atoms with Gasteiger partial charge in [0.1, 0.15) is 6.54 Å². The molecule has 1 aromatic rings. The zero-order valence-corrected chi connectivity index (χ0v) is 14.6. The number of hydrogen-bond donors (Lipinski definition) is 1. The van der Waals surface area contributed by atoms with Gasteiger partial charge in [-0.2, -0.15) is 0 Å². The molecule has 23 heavy (non-hydrogen) atoms. The Morgan fingerprint density at radius 1 is 1.26 bits per heavy atom. The molecule has 1 aromatic heterocycles. The Morgan fingerprint density at radius 3 is 2.22 bits per heavy atom. The van der Waals surface area contributed by atoms with Crippen molar-refractivity contribution in [2.75, 3.05) is 12.3 Å². The fraction of sp³-hybridized carbons (Fsp3) is 0.533. The van der Waals surface area contributed by atoms with Gasteiger partial charge in [0.15, 0.2) is 11.6 Å². The highest BCUT2D eigenvalue weighted by molar-refractivity contribution is 7.90. The first-order valence-electron chi connectivity index (χ1n) is 7.16. The van der Waals surface area contributed by atoms with Crippen LogP contribution in [0.25, 0.3) is 0 Å². The van der Waals surface area contributed by atoms with Gasteiger partial charge in [0.25, 0.3) is 0 Å². The number of ketones is 2. The molecule has 0 radical (unpaired) electrons. The van der Waals surface area contributed by atoms with Gasteiger partial charge in [-0.25, -0.2) is 12.7 Å². The molecule has 0 atom stereocenters. The number of amides is 1. The van der Waals surface area contributed by atoms with Crippen LogP contribution in [-0.4, -0.2) is 47.5 Å². The van der Waals surface area contributed by atoms with Gasteiger partial charge in [-0.3, -0.25) is 14.4 Å². The second-order valence-corrected chi connectivity index (χ2v) is 8.45. The molecule has 2 heterocycles. The highest BCUT2D eigenvalue weighted by atomic mass is 32.2. The van der Waals surface area contributed by atoms with E-state index in [2.05, 4.69) is 4.98 Å². The molecule has 1 aliphatic rings. The molecule has 0 aliphatic carbocycles. The largest absolute Gasteiger partial charge is 0.355 e. The van der Waals surface area contributed by atoms with Crippen LogP contribution in [0.1, 0.15) is 52.9 Å². The summed E-state index contributed by atoms with van der Waals surface area (Å²) in [6.07, 6.45) is 0. The summed E-state index contributed by atoms with van der Waals surface area (Å²) in [6.45, 7) is 7.21. The number of aryl methyl sites for hydroxylation is 1. The molecule has 8 heteroatoms. The quantitative estimate of drug-likeness (QED) is 0.830. The molecule has 1 N–H and O–H groups in total. The smallest absolute Gasteiger partial charge is 0.243 e. The van der Waals surface area contributed by atoms with E-state index in [4.69, 9.17) is 0 Å². The van der Waals surface area contributed by atoms with E-state index in [0.717, 1.165) is 0 Å². The van der Waals surface area contributed by atoms with Gasteiger partial charge in [-0.05, 0) is 40.2 Å². The van der Waals surface area contributed by atoms with Gasteiger partial charge in [0, 0.05) is 11.3 Å². The van der Waals surface area contributed by atoms with Crippen molar-refractivity contribution < 1.29 is 22.8 Å². The van der Waals surface area contributed by atoms with E-state index in [-0.39, 0.29) is 17.2 Å². The highest BCUT2D eigenvalue weighted by Crippen LogP contribution is 2.32. The predicted octanol–water partition coefficient (Wildman–Crippen LogP) is 1.22. The minimum absolute atomic E-state index is 0.167. The molecule has 0 unspecified atom stereocenters. The molecule has 1 amide bonds. The summed E-state index contributed by atoms with van der Waals surface area (Å²) in [7, 11) is -3.80. The molecule has 0 aromatic carbocycles. The fourth-order valence-electron chi connectivity index (χ4n) is 3.00. The van der Waals surface area contributed by atoms with Crippen molar-refractivity contribution in [2.45, 2.75) is 34.6 Å². The number of nitrogens with one attached hydrogen (secondary N) is 1. The highest BCUT2D eigenvalue weighted by Gasteiger charge is 2.49. The lowest BCUT2D eigenvalue weighted by molar-refractivity contribution is -0.132. The van der Waals surface area contributed by atoms with E-state index in [1.54, 1.807) is 13.8 Å². The maximum Gasteiger partial charge on any atom is 0.243 e. The van der Waals surface area contributed by atoms with E-state index in [9.17, 15) is 22.8 Å². The molecule has 1 fully saturated rings. The van der Waals surface area contributed by atoms with Crippen LogP contribution in [0.4, 0.5) is 0 Å². The number of sulfonamides is 1. The molecule has 0 spiro atoms. The van der Waals surface area contributed by atoms with Crippen LogP contribution in [0.15, 0.2) is 0 Å². The number of Topliss-reactive ketones (excluding diaryl/α,β-unsaturated/α-hetero) is 2. The molecular formula is C15H20N2O5S. The monoisotopic (exact) mass is 340 g/mol. The number of carbonyl (C=O) groups excluding carboxylic acids is 3. The van der Waals surface area contributed by atoms with E-state index in [1.807, 2.05) is 0 Å². The van der Waals surface area contributed by atoms with Crippen molar-refractivity contribution >= 4 is 27.5 Å². The SMILES string of the molecule is CC(=O)c1c(C)[nH]c(C(=O)CN2C(=O)C(C)(C)CS2(=O)=O)c1C. The number of carbonyl (C=O) groups is 3. The Hall–Kier alpha value is -1.96. The van der Waals surface area contributed by atoms with Gasteiger partial charge in [0.2, 0.25) is 15.9 Å². The number of aromatic amines is 1. The Labute approximate surface area is 135 Å². The Bertz CT molecular complexity index is 817. The third-order valence-electron chi connectivity index (χ3n) is 4.04. The number of H-pyrrole nitrogens is 1. The van der Waals surface area contributed by atoms with Crippen molar-refractivity contribution in [1.29, 1.82) is 0 Å². The van der Waals surface area contributed by atoms with Crippen LogP contribution in [0.5, 0.6) is 0 Å². The minimum Gasteiger partial charge on any atom is -0.355 e. The summed E-state index contributed by atoms with van der Waals surface area (Å²) >= 11 is 0. The summed E-state index contributed by atoms with van der Waals surface area (Å²) in [5.74, 6) is -1.61. The first-order valence-corrected chi connectivity index (χ1v) is 8.77. The lowest BCUT2D eigenvalue weighted by Crippen LogP contribution is -2.37. The summed E-state index contributed by atoms with van der Waals surface area (Å²) < 4.78 is 24.9. The second-order valence-electron chi connectivity index (χ2n) is 6.56. The summed E-state index contributed by atoms with van der Waals surface area (Å²) in [6, 6.07) is 0. The standard InChI is InChI=1S/C15H20N2O5S/c1-8-12(10(3)18)9(2)16-13(8)11(19)6-17-14(20)15(4,5)7-23(17,21)22/h16H,6-7H2,1-5H3. The molecule has 0 bridgehead atoms. The fourth-order valence-corrected chi connectivity index (χ4v) is 5.00. The Morgan fingerprint density at radius 2 is 1.83 bits per heavy atom. The molecular weight excluding hydrogens is 320 g/mol. The van der Waals surface area contributed by atoms with Crippen molar-refractivity contribution in [3.63, 3.8) is 0 Å². The predicted molar refractivity (Wildman–Crippen MR) is 83.9 cm³/mol. The molecule has 126 valence electrons. The molecule has 0 saturated carbocycles. The van der Waals surface area contributed by atoms with Crippen LogP contribution in [-0.2, 0) is 14.8 Å². The van der Waals surface area contributed by atoms with Crippen LogP contribution in [0, 0.1) is 19.3 Å². The van der Waals surface area contributed by atoms with E-state index in [0.29, 0.717) is 21.1 Å². The van der Waals surface area contributed by atoms with Crippen molar-refractivity contribution in [2.24, 2.45) is 5.41 Å². The zero-order valence-electron chi connectivity index (χ0n) is 13.8. The van der Waals surface area contributed by atoms with Gasteiger partial charge < -0.3 is 4.98 Å². The normalized spacial score (nSPS) is 19.2. The van der Waals surface area contributed by atoms with Gasteiger partial charge in [-0.15, -0.1) is 0 Å². The minimum atomic E-state index is -3.80. The summed E-state index contributed by atoms with van der Waals surface area (Å²) in [4.78, 5) is 39.1. The third kappa shape index (κ3) is 2.83. The number of rotatable bonds is 4. The topological polar surface area (TPSA) is 104 Å². The van der Waals surface area contributed by atoms with E-state index >= 15 is 0 Å². The van der Waals surface area contributed by atoms with Crippen molar-refractivity contribution in [3.8, 4) is 0 Å². The number of nitrogens with zero attached hydrogens (tertiary/aromatic N) is 1. The van der Waals surface area contributed by atoms with Crippen molar-refractivity contribution in [3.05, 3.63) is 22.5 Å². The number of aromatic nitrogens is 1. The maximum atomic E-state index is 12.5. The molecule has 7 nitrogen and oxygen atoms in total. The lowest BCUT2D eigenvalue weighted by Gasteiger charge is -2.16. The van der Waals surface area contributed by atoms with Gasteiger partial charge in [0.05, 0.1) is 16.9 Å². The first kappa shape index (κ1) is 17.4. The summed E-state index contributed by atoms with van der Waals surface area (Å²) in [5, 5.41) is 0. The first-order chi connectivity index (χ1) is 10.4. The molecule has 1 aliphatic heterocycles. The average molecular weight is 340 g/mol. The van der Waals surface area contributed by atoms with Gasteiger partial charge in [-0.1, -0.05) is 0 Å². The maximum absolute atomic E-state index is 12.5. The number of hydrogen-bond acceptors (Lipinski definition) is 5. The Balaban J connectivity index is 2.36. The third-order valence-corrected chi connectivity index (χ3v) is 6.09. The molecule has 1 saturated heterocycles. The van der Waals surface area contributed by atoms with E-state index < -0.39 is 33.7 Å². The van der Waals surface area contributed by atoms with Crippen LogP contribution >= 0.6 is 0 Å². The van der Waals surface area contributed by atoms with Crippen molar-refractivity contribution in [1.82, 2.24) is 9.29 Å². The Kier molecular flexibility index (Phi) is 4.00. The van der Waals surface area contributed by atoms with Crippen LogP contribution in [0.2, 0.25) is 0 Å². The van der Waals surface area contributed by atoms with E-state index in [1.165, 1.54) is 20.8 Å². The lowest BCUT2D eigenvalue weighted by atomic mass is 9.95. The van der Waals surface area contributed by atoms with Gasteiger partial charge >= 0.3 is 0 Å².